The van der Waals surface area contributed by atoms with Gasteiger partial charge in [0.25, 0.3) is 0 Å². The Morgan fingerprint density at radius 2 is 1.76 bits per heavy atom. The van der Waals surface area contributed by atoms with Crippen LogP contribution >= 0.6 is 11.6 Å². The molecule has 5 nitrogen and oxygen atoms in total. The fraction of sp³-hybridized carbons (Fsp3) is 0.129. The molecule has 0 aliphatic carbocycles. The second kappa shape index (κ2) is 10.0. The standard InChI is InChI=1S/C31H26ClN3O2/c1-36-23-15-13-20(14-16-23)31-26(19-33-22-8-6-7-21(32)17-22)30(35-28-11-4-5-12-29(28)37-31)25-18-34-27-10-3-2-9-24(25)27/h2-18,26,31,33-34H,19H2,1H3. The molecule has 2 heterocycles. The summed E-state index contributed by atoms with van der Waals surface area (Å²) in [6.45, 7) is 0.587. The number of aromatic nitrogens is 1. The van der Waals surface area contributed by atoms with Gasteiger partial charge in [-0.05, 0) is 54.1 Å². The van der Waals surface area contributed by atoms with Crippen molar-refractivity contribution in [2.24, 2.45) is 10.9 Å². The summed E-state index contributed by atoms with van der Waals surface area (Å²) in [5.41, 5.74) is 5.89. The molecule has 0 saturated heterocycles. The third kappa shape index (κ3) is 4.66. The van der Waals surface area contributed by atoms with Gasteiger partial charge in [-0.2, -0.15) is 0 Å². The second-order valence-corrected chi connectivity index (χ2v) is 9.46. The van der Waals surface area contributed by atoms with Crippen molar-refractivity contribution >= 4 is 39.6 Å². The van der Waals surface area contributed by atoms with Crippen molar-refractivity contribution in [3.63, 3.8) is 0 Å². The van der Waals surface area contributed by atoms with Crippen LogP contribution in [0.5, 0.6) is 11.5 Å². The summed E-state index contributed by atoms with van der Waals surface area (Å²) in [6, 6.07) is 32.1. The van der Waals surface area contributed by atoms with Gasteiger partial charge in [0.2, 0.25) is 0 Å². The van der Waals surface area contributed by atoms with Crippen LogP contribution in [0.25, 0.3) is 10.9 Å². The molecule has 2 atom stereocenters. The Kier molecular flexibility index (Phi) is 6.29. The van der Waals surface area contributed by atoms with Crippen LogP contribution in [0.15, 0.2) is 108 Å². The zero-order chi connectivity index (χ0) is 25.2. The molecule has 184 valence electrons. The molecule has 0 saturated carbocycles. The van der Waals surface area contributed by atoms with Crippen molar-refractivity contribution in [2.75, 3.05) is 19.0 Å². The lowest BCUT2D eigenvalue weighted by Gasteiger charge is -2.28. The number of para-hydroxylation sites is 3. The summed E-state index contributed by atoms with van der Waals surface area (Å²) in [5, 5.41) is 5.41. The van der Waals surface area contributed by atoms with Crippen molar-refractivity contribution < 1.29 is 9.47 Å². The fourth-order valence-corrected chi connectivity index (χ4v) is 5.08. The molecular formula is C31H26ClN3O2. The zero-order valence-electron chi connectivity index (χ0n) is 20.3. The minimum Gasteiger partial charge on any atom is -0.497 e. The fourth-order valence-electron chi connectivity index (χ4n) is 4.89. The molecule has 4 aromatic carbocycles. The minimum absolute atomic E-state index is 0.126. The van der Waals surface area contributed by atoms with Crippen LogP contribution in [0, 0.1) is 5.92 Å². The molecule has 0 radical (unpaired) electrons. The zero-order valence-corrected chi connectivity index (χ0v) is 21.1. The number of methoxy groups -OCH3 is 1. The molecule has 0 spiro atoms. The van der Waals surface area contributed by atoms with E-state index in [9.17, 15) is 0 Å². The normalized spacial score (nSPS) is 16.9. The lowest BCUT2D eigenvalue weighted by atomic mass is 9.87. The maximum atomic E-state index is 6.75. The highest BCUT2D eigenvalue weighted by atomic mass is 35.5. The number of nitrogens with zero attached hydrogens (tertiary/aromatic N) is 1. The van der Waals surface area contributed by atoms with Crippen LogP contribution in [0.3, 0.4) is 0 Å². The Morgan fingerprint density at radius 1 is 0.946 bits per heavy atom. The second-order valence-electron chi connectivity index (χ2n) is 9.02. The number of anilines is 1. The summed E-state index contributed by atoms with van der Waals surface area (Å²) in [7, 11) is 1.67. The topological polar surface area (TPSA) is 58.6 Å². The smallest absolute Gasteiger partial charge is 0.145 e. The number of halogens is 1. The van der Waals surface area contributed by atoms with Gasteiger partial charge < -0.3 is 19.8 Å². The van der Waals surface area contributed by atoms with Crippen LogP contribution < -0.4 is 14.8 Å². The van der Waals surface area contributed by atoms with E-state index in [1.54, 1.807) is 7.11 Å². The lowest BCUT2D eigenvalue weighted by molar-refractivity contribution is 0.176. The molecule has 1 aliphatic rings. The van der Waals surface area contributed by atoms with E-state index in [-0.39, 0.29) is 12.0 Å². The van der Waals surface area contributed by atoms with Crippen molar-refractivity contribution in [1.29, 1.82) is 0 Å². The summed E-state index contributed by atoms with van der Waals surface area (Å²) < 4.78 is 12.2. The summed E-state index contributed by atoms with van der Waals surface area (Å²) in [6.07, 6.45) is 1.75. The SMILES string of the molecule is COc1ccc(C2Oc3ccccc3N=C(c3c[nH]c4ccccc34)C2CNc2cccc(Cl)c2)cc1. The summed E-state index contributed by atoms with van der Waals surface area (Å²) in [5.74, 6) is 1.43. The number of nitrogens with one attached hydrogen (secondary N) is 2. The number of H-pyrrole nitrogens is 1. The van der Waals surface area contributed by atoms with Crippen molar-refractivity contribution in [3.05, 3.63) is 119 Å². The molecule has 2 N–H and O–H groups in total. The predicted molar refractivity (Wildman–Crippen MR) is 151 cm³/mol. The Hall–Kier alpha value is -4.22. The Labute approximate surface area is 220 Å². The molecule has 5 aromatic rings. The van der Waals surface area contributed by atoms with E-state index < -0.39 is 0 Å². The Balaban J connectivity index is 1.51. The van der Waals surface area contributed by atoms with E-state index in [1.807, 2.05) is 66.7 Å². The first kappa shape index (κ1) is 23.2. The number of benzene rings is 4. The van der Waals surface area contributed by atoms with Crippen LogP contribution in [0.2, 0.25) is 5.02 Å². The maximum Gasteiger partial charge on any atom is 0.145 e. The minimum atomic E-state index is -0.298. The highest BCUT2D eigenvalue weighted by molar-refractivity contribution is 6.30. The average Bonchev–Trinajstić information content (AvgIpc) is 3.29. The van der Waals surface area contributed by atoms with Gasteiger partial charge in [-0.1, -0.05) is 60.1 Å². The largest absolute Gasteiger partial charge is 0.497 e. The maximum absolute atomic E-state index is 6.75. The molecule has 6 rings (SSSR count). The highest BCUT2D eigenvalue weighted by Crippen LogP contribution is 2.41. The van der Waals surface area contributed by atoms with E-state index in [0.717, 1.165) is 50.6 Å². The van der Waals surface area contributed by atoms with Crippen molar-refractivity contribution in [3.8, 4) is 11.5 Å². The molecule has 1 aliphatic heterocycles. The van der Waals surface area contributed by atoms with Crippen molar-refractivity contribution in [2.45, 2.75) is 6.10 Å². The Bertz CT molecular complexity index is 1580. The monoisotopic (exact) mass is 507 g/mol. The van der Waals surface area contributed by atoms with Crippen LogP contribution in [-0.2, 0) is 0 Å². The number of aliphatic imine (C=N–C) groups is 1. The molecule has 6 heteroatoms. The van der Waals surface area contributed by atoms with Gasteiger partial charge in [0.15, 0.2) is 0 Å². The number of hydrogen-bond donors (Lipinski definition) is 2. The van der Waals surface area contributed by atoms with Crippen LogP contribution in [0.1, 0.15) is 17.2 Å². The van der Waals surface area contributed by atoms with Gasteiger partial charge in [0.05, 0.1) is 18.7 Å². The van der Waals surface area contributed by atoms with E-state index in [0.29, 0.717) is 11.6 Å². The average molecular weight is 508 g/mol. The van der Waals surface area contributed by atoms with E-state index in [1.165, 1.54) is 0 Å². The van der Waals surface area contributed by atoms with Gasteiger partial charge in [-0.3, -0.25) is 0 Å². The van der Waals surface area contributed by atoms with Crippen LogP contribution in [-0.4, -0.2) is 24.4 Å². The first-order chi connectivity index (χ1) is 18.2. The van der Waals surface area contributed by atoms with Crippen LogP contribution in [0.4, 0.5) is 11.4 Å². The summed E-state index contributed by atoms with van der Waals surface area (Å²) >= 11 is 6.28. The molecule has 2 unspecified atom stereocenters. The molecule has 0 amide bonds. The Morgan fingerprint density at radius 3 is 2.59 bits per heavy atom. The number of aromatic amines is 1. The van der Waals surface area contributed by atoms with E-state index in [4.69, 9.17) is 26.1 Å². The first-order valence-corrected chi connectivity index (χ1v) is 12.6. The molecule has 0 fully saturated rings. The van der Waals surface area contributed by atoms with Gasteiger partial charge in [0.1, 0.15) is 23.3 Å². The number of ether oxygens (including phenoxy) is 2. The van der Waals surface area contributed by atoms with Gasteiger partial charge in [0, 0.05) is 39.9 Å². The number of hydrogen-bond acceptors (Lipinski definition) is 4. The molecule has 1 aromatic heterocycles. The third-order valence-corrected chi connectivity index (χ3v) is 6.97. The lowest BCUT2D eigenvalue weighted by Crippen LogP contribution is -2.32. The quantitative estimate of drug-likeness (QED) is 0.246. The van der Waals surface area contributed by atoms with Gasteiger partial charge >= 0.3 is 0 Å². The third-order valence-electron chi connectivity index (χ3n) is 6.74. The number of fused-ring (bicyclic) bond motifs is 2. The van der Waals surface area contributed by atoms with E-state index in [2.05, 4.69) is 46.8 Å². The number of rotatable bonds is 6. The summed E-state index contributed by atoms with van der Waals surface area (Å²) in [4.78, 5) is 8.66. The van der Waals surface area contributed by atoms with E-state index >= 15 is 0 Å². The predicted octanol–water partition coefficient (Wildman–Crippen LogP) is 7.81. The van der Waals surface area contributed by atoms with Crippen molar-refractivity contribution in [1.82, 2.24) is 4.98 Å². The van der Waals surface area contributed by atoms with Gasteiger partial charge in [-0.15, -0.1) is 0 Å². The molecule has 0 bridgehead atoms. The molecule has 37 heavy (non-hydrogen) atoms. The molecular weight excluding hydrogens is 482 g/mol. The van der Waals surface area contributed by atoms with Gasteiger partial charge in [-0.25, -0.2) is 4.99 Å². The first-order valence-electron chi connectivity index (χ1n) is 12.2. The highest BCUT2D eigenvalue weighted by Gasteiger charge is 2.34.